The molecule has 0 heterocycles. The molecule has 0 aromatic heterocycles. The molecule has 2 rings (SSSR count). The zero-order valence-electron chi connectivity index (χ0n) is 6.99. The van der Waals surface area contributed by atoms with E-state index in [9.17, 15) is 4.79 Å². The average Bonchev–Trinajstić information content (AvgIpc) is 2.12. The molecule has 0 aliphatic heterocycles. The van der Waals surface area contributed by atoms with E-state index in [-0.39, 0.29) is 5.92 Å². The maximum absolute atomic E-state index is 11.3. The number of ketones is 1. The third-order valence-electron chi connectivity index (χ3n) is 3.11. The van der Waals surface area contributed by atoms with Crippen molar-refractivity contribution < 1.29 is 10.0 Å². The van der Waals surface area contributed by atoms with Crippen LogP contribution in [0.15, 0.2) is 5.16 Å². The maximum Gasteiger partial charge on any atom is 0.136 e. The molecule has 0 radical (unpaired) electrons. The molecule has 0 amide bonds. The Bertz CT molecular complexity index is 235. The molecule has 0 spiro atoms. The van der Waals surface area contributed by atoms with Gasteiger partial charge in [-0.2, -0.15) is 0 Å². The molecule has 3 heteroatoms. The van der Waals surface area contributed by atoms with Crippen molar-refractivity contribution in [1.82, 2.24) is 0 Å². The normalized spacial score (nSPS) is 38.7. The Labute approximate surface area is 71.5 Å². The molecule has 1 N–H and O–H groups in total. The van der Waals surface area contributed by atoms with Gasteiger partial charge in [0.2, 0.25) is 0 Å². The quantitative estimate of drug-likeness (QED) is 0.440. The lowest BCUT2D eigenvalue weighted by Crippen LogP contribution is -2.34. The lowest BCUT2D eigenvalue weighted by molar-refractivity contribution is -0.125. The lowest BCUT2D eigenvalue weighted by atomic mass is 9.71. The van der Waals surface area contributed by atoms with Crippen LogP contribution in [0.3, 0.4) is 0 Å². The van der Waals surface area contributed by atoms with Gasteiger partial charge in [0.1, 0.15) is 5.78 Å². The second kappa shape index (κ2) is 2.88. The van der Waals surface area contributed by atoms with Crippen LogP contribution >= 0.6 is 0 Å². The number of oxime groups is 1. The number of carbonyl (C=O) groups excluding carboxylic acids is 1. The first-order valence-corrected chi connectivity index (χ1v) is 4.55. The Kier molecular flexibility index (Phi) is 1.87. The first-order valence-electron chi connectivity index (χ1n) is 4.55. The van der Waals surface area contributed by atoms with Crippen LogP contribution in [0.25, 0.3) is 0 Å². The summed E-state index contributed by atoms with van der Waals surface area (Å²) in [7, 11) is 0. The Morgan fingerprint density at radius 2 is 2.00 bits per heavy atom. The van der Waals surface area contributed by atoms with E-state index in [1.54, 1.807) is 0 Å². The minimum absolute atomic E-state index is 0.272. The van der Waals surface area contributed by atoms with E-state index < -0.39 is 0 Å². The SMILES string of the molecule is O=C1CCC2CC1CCC2=NO. The maximum atomic E-state index is 11.3. The number of Topliss-reactive ketones (excluding diaryl/α,β-unsaturated/α-hetero) is 1. The van der Waals surface area contributed by atoms with Crippen molar-refractivity contribution in [3.63, 3.8) is 0 Å². The second-order valence-electron chi connectivity index (χ2n) is 3.76. The highest BCUT2D eigenvalue weighted by atomic mass is 16.4. The smallest absolute Gasteiger partial charge is 0.136 e. The summed E-state index contributed by atoms with van der Waals surface area (Å²) in [5, 5.41) is 12.0. The fourth-order valence-electron chi connectivity index (χ4n) is 2.35. The van der Waals surface area contributed by atoms with Gasteiger partial charge in [-0.3, -0.25) is 4.79 Å². The summed E-state index contributed by atoms with van der Waals surface area (Å²) >= 11 is 0. The molecule has 2 atom stereocenters. The van der Waals surface area contributed by atoms with Gasteiger partial charge in [-0.1, -0.05) is 5.16 Å². The van der Waals surface area contributed by atoms with Crippen LogP contribution < -0.4 is 0 Å². The molecular weight excluding hydrogens is 154 g/mol. The second-order valence-corrected chi connectivity index (χ2v) is 3.76. The van der Waals surface area contributed by atoms with Crippen molar-refractivity contribution in [1.29, 1.82) is 0 Å². The molecule has 3 nitrogen and oxygen atoms in total. The summed E-state index contributed by atoms with van der Waals surface area (Å²) in [6.07, 6.45) is 4.23. The topological polar surface area (TPSA) is 49.7 Å². The Hall–Kier alpha value is -0.860. The predicted molar refractivity (Wildman–Crippen MR) is 44.3 cm³/mol. The zero-order chi connectivity index (χ0) is 8.55. The van der Waals surface area contributed by atoms with Gasteiger partial charge in [0.15, 0.2) is 0 Å². The fraction of sp³-hybridized carbons (Fsp3) is 0.778. The third kappa shape index (κ3) is 1.13. The van der Waals surface area contributed by atoms with Crippen LogP contribution in [0.5, 0.6) is 0 Å². The molecule has 2 saturated carbocycles. The molecule has 66 valence electrons. The monoisotopic (exact) mass is 167 g/mol. The number of hydrogen-bond acceptors (Lipinski definition) is 3. The highest BCUT2D eigenvalue weighted by Gasteiger charge is 2.35. The van der Waals surface area contributed by atoms with Gasteiger partial charge in [0, 0.05) is 18.3 Å². The summed E-state index contributed by atoms with van der Waals surface area (Å²) in [6.45, 7) is 0. The minimum atomic E-state index is 0.272. The number of carbonyl (C=O) groups is 1. The van der Waals surface area contributed by atoms with Gasteiger partial charge in [0.25, 0.3) is 0 Å². The van der Waals surface area contributed by atoms with Gasteiger partial charge in [-0.05, 0) is 25.7 Å². The molecule has 2 fully saturated rings. The number of nitrogens with zero attached hydrogens (tertiary/aromatic N) is 1. The fourth-order valence-corrected chi connectivity index (χ4v) is 2.35. The van der Waals surface area contributed by atoms with Crippen LogP contribution in [0.4, 0.5) is 0 Å². The van der Waals surface area contributed by atoms with Crippen LogP contribution in [-0.2, 0) is 4.79 Å². The van der Waals surface area contributed by atoms with Gasteiger partial charge in [-0.15, -0.1) is 0 Å². The van der Waals surface area contributed by atoms with Crippen LogP contribution in [0.2, 0.25) is 0 Å². The first kappa shape index (κ1) is 7.77. The third-order valence-corrected chi connectivity index (χ3v) is 3.11. The van der Waals surface area contributed by atoms with E-state index in [0.717, 1.165) is 31.4 Å². The van der Waals surface area contributed by atoms with Crippen molar-refractivity contribution in [3.05, 3.63) is 0 Å². The van der Waals surface area contributed by atoms with E-state index in [0.29, 0.717) is 18.1 Å². The van der Waals surface area contributed by atoms with E-state index in [1.165, 1.54) is 0 Å². The van der Waals surface area contributed by atoms with Crippen molar-refractivity contribution in [2.24, 2.45) is 17.0 Å². The summed E-state index contributed by atoms with van der Waals surface area (Å²) in [5.74, 6) is 1.09. The highest BCUT2D eigenvalue weighted by Crippen LogP contribution is 2.36. The molecular formula is C9H13NO2. The van der Waals surface area contributed by atoms with Crippen molar-refractivity contribution >= 4 is 11.5 Å². The summed E-state index contributed by atoms with van der Waals surface area (Å²) in [5.41, 5.74) is 0.916. The summed E-state index contributed by atoms with van der Waals surface area (Å²) < 4.78 is 0. The molecule has 12 heavy (non-hydrogen) atoms. The molecule has 0 aromatic carbocycles. The Balaban J connectivity index is 2.14. The number of fused-ring (bicyclic) bond motifs is 2. The minimum Gasteiger partial charge on any atom is -0.411 e. The first-order chi connectivity index (χ1) is 5.81. The molecule has 0 aromatic rings. The Morgan fingerprint density at radius 1 is 1.25 bits per heavy atom. The largest absolute Gasteiger partial charge is 0.411 e. The van der Waals surface area contributed by atoms with Gasteiger partial charge < -0.3 is 5.21 Å². The van der Waals surface area contributed by atoms with Crippen molar-refractivity contribution in [3.8, 4) is 0 Å². The van der Waals surface area contributed by atoms with Gasteiger partial charge in [0.05, 0.1) is 5.71 Å². The van der Waals surface area contributed by atoms with Gasteiger partial charge >= 0.3 is 0 Å². The Morgan fingerprint density at radius 3 is 2.75 bits per heavy atom. The van der Waals surface area contributed by atoms with Crippen LogP contribution in [-0.4, -0.2) is 16.7 Å². The van der Waals surface area contributed by atoms with Gasteiger partial charge in [-0.25, -0.2) is 0 Å². The van der Waals surface area contributed by atoms with E-state index in [4.69, 9.17) is 5.21 Å². The van der Waals surface area contributed by atoms with Crippen molar-refractivity contribution in [2.45, 2.75) is 32.1 Å². The summed E-state index contributed by atoms with van der Waals surface area (Å²) in [4.78, 5) is 11.3. The zero-order valence-corrected chi connectivity index (χ0v) is 6.99. The molecule has 2 aliphatic rings. The number of rotatable bonds is 0. The van der Waals surface area contributed by atoms with Crippen molar-refractivity contribution in [2.75, 3.05) is 0 Å². The summed E-state index contributed by atoms with van der Waals surface area (Å²) in [6, 6.07) is 0. The average molecular weight is 167 g/mol. The van der Waals surface area contributed by atoms with E-state index in [1.807, 2.05) is 0 Å². The number of hydrogen-bond donors (Lipinski definition) is 1. The molecule has 2 bridgehead atoms. The van der Waals surface area contributed by atoms with E-state index in [2.05, 4.69) is 5.16 Å². The highest BCUT2D eigenvalue weighted by molar-refractivity contribution is 5.92. The van der Waals surface area contributed by atoms with Crippen LogP contribution in [0.1, 0.15) is 32.1 Å². The molecule has 2 unspecified atom stereocenters. The predicted octanol–water partition coefficient (Wildman–Crippen LogP) is 1.60. The van der Waals surface area contributed by atoms with E-state index >= 15 is 0 Å². The molecule has 2 aliphatic carbocycles. The van der Waals surface area contributed by atoms with Crippen LogP contribution in [0, 0.1) is 11.8 Å². The lowest BCUT2D eigenvalue weighted by Gasteiger charge is -2.33. The molecule has 0 saturated heterocycles. The standard InChI is InChI=1S/C9H13NO2/c11-9-4-2-6-5-7(9)1-3-8(6)10-12/h6-7,12H,1-5H2.